The molecule has 6 nitrogen and oxygen atoms in total. The van der Waals surface area contributed by atoms with E-state index in [-0.39, 0.29) is 12.3 Å². The molecule has 0 aliphatic heterocycles. The summed E-state index contributed by atoms with van der Waals surface area (Å²) in [6.45, 7) is 4.47. The van der Waals surface area contributed by atoms with Crippen molar-refractivity contribution < 1.29 is 22.9 Å². The van der Waals surface area contributed by atoms with Gasteiger partial charge < -0.3 is 10.4 Å². The highest BCUT2D eigenvalue weighted by Gasteiger charge is 2.24. The Morgan fingerprint density at radius 3 is 1.52 bits per heavy atom. The second-order valence-corrected chi connectivity index (χ2v) is 14.0. The van der Waals surface area contributed by atoms with E-state index < -0.39 is 28.0 Å². The van der Waals surface area contributed by atoms with Crippen molar-refractivity contribution in [3.05, 3.63) is 36.5 Å². The minimum absolute atomic E-state index is 0.287. The summed E-state index contributed by atoms with van der Waals surface area (Å²) in [7, 11) is -4.34. The fourth-order valence-electron chi connectivity index (χ4n) is 5.30. The molecule has 2 atom stereocenters. The molecule has 0 aliphatic carbocycles. The molecule has 1 amide bonds. The fourth-order valence-corrected chi connectivity index (χ4v) is 6.04. The predicted molar refractivity (Wildman–Crippen MR) is 189 cm³/mol. The van der Waals surface area contributed by atoms with Crippen LogP contribution in [0.4, 0.5) is 0 Å². The molecular formula is C37H69NO5S. The zero-order valence-electron chi connectivity index (χ0n) is 28.5. The van der Waals surface area contributed by atoms with Gasteiger partial charge in [0.15, 0.2) is 0 Å². The molecule has 7 heteroatoms. The Morgan fingerprint density at radius 2 is 1.02 bits per heavy atom. The van der Waals surface area contributed by atoms with Gasteiger partial charge in [0, 0.05) is 6.42 Å². The van der Waals surface area contributed by atoms with Crippen LogP contribution in [0.15, 0.2) is 36.5 Å². The van der Waals surface area contributed by atoms with Crippen molar-refractivity contribution in [1.82, 2.24) is 5.32 Å². The third kappa shape index (κ3) is 32.0. The Hall–Kier alpha value is -1.44. The van der Waals surface area contributed by atoms with Crippen molar-refractivity contribution in [2.45, 2.75) is 187 Å². The minimum Gasteiger partial charge on any atom is -0.387 e. The molecule has 0 aromatic heterocycles. The van der Waals surface area contributed by atoms with E-state index in [1.807, 2.05) is 6.08 Å². The number of carbonyl (C=O) groups is 1. The van der Waals surface area contributed by atoms with E-state index in [0.717, 1.165) is 57.8 Å². The van der Waals surface area contributed by atoms with Gasteiger partial charge in [-0.05, 0) is 51.4 Å². The average molecular weight is 640 g/mol. The molecular weight excluding hydrogens is 570 g/mol. The Bertz CT molecular complexity index is 837. The molecule has 0 spiro atoms. The van der Waals surface area contributed by atoms with Gasteiger partial charge >= 0.3 is 0 Å². The minimum atomic E-state index is -4.34. The van der Waals surface area contributed by atoms with Crippen LogP contribution in [0.2, 0.25) is 0 Å². The maximum absolute atomic E-state index is 12.4. The molecule has 0 aromatic rings. The lowest BCUT2D eigenvalue weighted by Gasteiger charge is -2.21. The van der Waals surface area contributed by atoms with Crippen molar-refractivity contribution >= 4 is 16.0 Å². The topological polar surface area (TPSA) is 104 Å². The van der Waals surface area contributed by atoms with Gasteiger partial charge in [-0.3, -0.25) is 9.35 Å². The highest BCUT2D eigenvalue weighted by Crippen LogP contribution is 2.13. The number of nitrogens with one attached hydrogen (secondary N) is 1. The van der Waals surface area contributed by atoms with Crippen molar-refractivity contribution in [2.75, 3.05) is 5.75 Å². The largest absolute Gasteiger partial charge is 0.387 e. The number of amides is 1. The first-order valence-electron chi connectivity index (χ1n) is 18.2. The average Bonchev–Trinajstić information content (AvgIpc) is 2.98. The fraction of sp³-hybridized carbons (Fsp3) is 0.811. The van der Waals surface area contributed by atoms with E-state index in [2.05, 4.69) is 43.5 Å². The van der Waals surface area contributed by atoms with Gasteiger partial charge in [-0.25, -0.2) is 0 Å². The molecule has 0 radical (unpaired) electrons. The van der Waals surface area contributed by atoms with Crippen LogP contribution in [0.1, 0.15) is 174 Å². The van der Waals surface area contributed by atoms with Crippen LogP contribution >= 0.6 is 0 Å². The zero-order chi connectivity index (χ0) is 32.6. The summed E-state index contributed by atoms with van der Waals surface area (Å²) in [5, 5.41) is 13.2. The van der Waals surface area contributed by atoms with Gasteiger partial charge in [0.25, 0.3) is 10.1 Å². The normalized spacial score (nSPS) is 13.8. The molecule has 0 saturated heterocycles. The molecule has 3 N–H and O–H groups in total. The standard InChI is InChI=1S/C37H69NO5S/c1-3-5-7-9-11-13-15-17-18-19-20-21-23-25-27-29-31-33-37(40)38-35(34-44(41,42)43)36(39)32-30-28-26-24-22-16-14-12-10-8-6-4-2/h11,13,17-18,30,32,35-36,39H,3-10,12,14-16,19-29,31,33-34H2,1-2H3,(H,38,40)(H,41,42,43)/b13-11-,18-17-,32-30+. The van der Waals surface area contributed by atoms with Gasteiger partial charge in [-0.1, -0.05) is 153 Å². The third-order valence-electron chi connectivity index (χ3n) is 8.06. The molecule has 0 saturated carbocycles. The number of aliphatic hydroxyl groups excluding tert-OH is 1. The summed E-state index contributed by atoms with van der Waals surface area (Å²) in [5.74, 6) is -0.989. The summed E-state index contributed by atoms with van der Waals surface area (Å²) in [5.41, 5.74) is 0. The van der Waals surface area contributed by atoms with Crippen molar-refractivity contribution in [2.24, 2.45) is 0 Å². The highest BCUT2D eigenvalue weighted by atomic mass is 32.2. The molecule has 44 heavy (non-hydrogen) atoms. The van der Waals surface area contributed by atoms with E-state index in [1.165, 1.54) is 96.3 Å². The molecule has 0 rings (SSSR count). The Morgan fingerprint density at radius 1 is 0.614 bits per heavy atom. The van der Waals surface area contributed by atoms with Crippen LogP contribution in [0, 0.1) is 0 Å². The number of unbranched alkanes of at least 4 members (excludes halogenated alkanes) is 20. The van der Waals surface area contributed by atoms with Crippen LogP contribution in [-0.4, -0.2) is 41.9 Å². The molecule has 2 unspecified atom stereocenters. The molecule has 0 heterocycles. The molecule has 0 bridgehead atoms. The van der Waals surface area contributed by atoms with Crippen LogP contribution in [0.3, 0.4) is 0 Å². The summed E-state index contributed by atoms with van der Waals surface area (Å²) >= 11 is 0. The van der Waals surface area contributed by atoms with Gasteiger partial charge in [0.05, 0.1) is 17.9 Å². The third-order valence-corrected chi connectivity index (χ3v) is 8.84. The van der Waals surface area contributed by atoms with Crippen LogP contribution in [0.25, 0.3) is 0 Å². The summed E-state index contributed by atoms with van der Waals surface area (Å²) in [6, 6.07) is -1.06. The second-order valence-electron chi connectivity index (χ2n) is 12.5. The van der Waals surface area contributed by atoms with Crippen molar-refractivity contribution in [1.29, 1.82) is 0 Å². The van der Waals surface area contributed by atoms with E-state index in [0.29, 0.717) is 0 Å². The first-order chi connectivity index (χ1) is 21.3. The van der Waals surface area contributed by atoms with E-state index in [1.54, 1.807) is 6.08 Å². The van der Waals surface area contributed by atoms with Gasteiger partial charge in [-0.2, -0.15) is 8.42 Å². The number of aliphatic hydroxyl groups is 1. The second kappa shape index (κ2) is 31.5. The number of carbonyl (C=O) groups excluding carboxylic acids is 1. The van der Waals surface area contributed by atoms with Gasteiger partial charge in [0.2, 0.25) is 5.91 Å². The van der Waals surface area contributed by atoms with Crippen LogP contribution in [0.5, 0.6) is 0 Å². The maximum atomic E-state index is 12.4. The monoisotopic (exact) mass is 639 g/mol. The zero-order valence-corrected chi connectivity index (χ0v) is 29.3. The van der Waals surface area contributed by atoms with Crippen molar-refractivity contribution in [3.63, 3.8) is 0 Å². The van der Waals surface area contributed by atoms with E-state index in [4.69, 9.17) is 0 Å². The van der Waals surface area contributed by atoms with Crippen LogP contribution < -0.4 is 5.32 Å². The first kappa shape index (κ1) is 42.6. The lowest BCUT2D eigenvalue weighted by Crippen LogP contribution is -2.46. The Labute approximate surface area is 272 Å². The lowest BCUT2D eigenvalue weighted by atomic mass is 10.1. The Balaban J connectivity index is 4.00. The number of allylic oxidation sites excluding steroid dienone is 5. The Kier molecular flexibility index (Phi) is 30.5. The molecule has 258 valence electrons. The van der Waals surface area contributed by atoms with E-state index >= 15 is 0 Å². The molecule has 0 aliphatic rings. The highest BCUT2D eigenvalue weighted by molar-refractivity contribution is 7.85. The van der Waals surface area contributed by atoms with Crippen LogP contribution in [-0.2, 0) is 14.9 Å². The van der Waals surface area contributed by atoms with Gasteiger partial charge in [-0.15, -0.1) is 0 Å². The summed E-state index contributed by atoms with van der Waals surface area (Å²) < 4.78 is 32.3. The number of hydrogen-bond acceptors (Lipinski definition) is 4. The van der Waals surface area contributed by atoms with E-state index in [9.17, 15) is 22.9 Å². The summed E-state index contributed by atoms with van der Waals surface area (Å²) in [4.78, 5) is 12.4. The maximum Gasteiger partial charge on any atom is 0.267 e. The molecule has 0 fully saturated rings. The summed E-state index contributed by atoms with van der Waals surface area (Å²) in [6.07, 6.45) is 39.8. The lowest BCUT2D eigenvalue weighted by molar-refractivity contribution is -0.122. The first-order valence-corrected chi connectivity index (χ1v) is 19.8. The SMILES string of the molecule is CCCCC/C=C\C/C=C\CCCCCCCCCC(=O)NC(CS(=O)(=O)O)C(O)/C=C/CCCCCCCCCCCC. The molecule has 0 aromatic carbocycles. The smallest absolute Gasteiger partial charge is 0.267 e. The number of hydrogen-bond donors (Lipinski definition) is 3. The van der Waals surface area contributed by atoms with Crippen molar-refractivity contribution in [3.8, 4) is 0 Å². The quantitative estimate of drug-likeness (QED) is 0.0386. The predicted octanol–water partition coefficient (Wildman–Crippen LogP) is 10.2. The van der Waals surface area contributed by atoms with Gasteiger partial charge in [0.1, 0.15) is 0 Å². The number of rotatable bonds is 32.